The molecule has 0 bridgehead atoms. The first-order valence-corrected chi connectivity index (χ1v) is 11.9. The van der Waals surface area contributed by atoms with Crippen molar-refractivity contribution in [3.8, 4) is 11.3 Å². The molecule has 178 valence electrons. The first-order valence-electron chi connectivity index (χ1n) is 11.9. The minimum Gasteiger partial charge on any atom is -0.480 e. The van der Waals surface area contributed by atoms with Crippen LogP contribution in [-0.2, 0) is 11.3 Å². The Kier molecular flexibility index (Phi) is 6.23. The number of benzene rings is 2. The quantitative estimate of drug-likeness (QED) is 0.468. The summed E-state index contributed by atoms with van der Waals surface area (Å²) in [5.41, 5.74) is 3.84. The van der Waals surface area contributed by atoms with E-state index in [-0.39, 0.29) is 12.5 Å². The molecule has 1 aliphatic heterocycles. The Labute approximate surface area is 204 Å². The van der Waals surface area contributed by atoms with Crippen molar-refractivity contribution in [1.29, 1.82) is 0 Å². The number of carbonyl (C=O) groups is 2. The first kappa shape index (κ1) is 22.7. The molecule has 3 heterocycles. The van der Waals surface area contributed by atoms with Crippen LogP contribution in [0.25, 0.3) is 22.2 Å². The van der Waals surface area contributed by atoms with Crippen LogP contribution in [0, 0.1) is 6.92 Å². The zero-order valence-corrected chi connectivity index (χ0v) is 19.7. The molecule has 0 saturated carbocycles. The summed E-state index contributed by atoms with van der Waals surface area (Å²) in [5.74, 6) is -0.0913. The molecule has 7 nitrogen and oxygen atoms in total. The SMILES string of the molecule is Cc1ccc2c(c1)c(C(=O)N1CCCN(c3ccccn3)CC1)c(-c1ccccc1)n2CC(=O)O. The summed E-state index contributed by atoms with van der Waals surface area (Å²) in [4.78, 5) is 34.6. The van der Waals surface area contributed by atoms with Gasteiger partial charge >= 0.3 is 5.97 Å². The van der Waals surface area contributed by atoms with Crippen LogP contribution in [-0.4, -0.2) is 57.6 Å². The fourth-order valence-electron chi connectivity index (χ4n) is 4.93. The van der Waals surface area contributed by atoms with Gasteiger partial charge in [0.1, 0.15) is 12.4 Å². The number of fused-ring (bicyclic) bond motifs is 1. The molecule has 2 aromatic heterocycles. The van der Waals surface area contributed by atoms with Gasteiger partial charge < -0.3 is 19.5 Å². The van der Waals surface area contributed by atoms with Gasteiger partial charge in [-0.2, -0.15) is 0 Å². The van der Waals surface area contributed by atoms with Crippen LogP contribution in [0.1, 0.15) is 22.3 Å². The van der Waals surface area contributed by atoms with E-state index in [9.17, 15) is 14.7 Å². The number of aromatic nitrogens is 2. The fourth-order valence-corrected chi connectivity index (χ4v) is 4.93. The van der Waals surface area contributed by atoms with Crippen LogP contribution >= 0.6 is 0 Å². The summed E-state index contributed by atoms with van der Waals surface area (Å²) in [6.07, 6.45) is 2.62. The predicted octanol–water partition coefficient (Wildman–Crippen LogP) is 4.45. The maximum absolute atomic E-state index is 14.1. The Hall–Kier alpha value is -4.13. The van der Waals surface area contributed by atoms with Crippen molar-refractivity contribution in [2.24, 2.45) is 0 Å². The summed E-state index contributed by atoms with van der Waals surface area (Å²) in [6.45, 7) is 4.49. The molecule has 5 rings (SSSR count). The molecule has 35 heavy (non-hydrogen) atoms. The normalized spacial score (nSPS) is 14.2. The molecular formula is C28H28N4O3. The van der Waals surface area contributed by atoms with E-state index in [1.54, 1.807) is 10.8 Å². The second kappa shape index (κ2) is 9.62. The van der Waals surface area contributed by atoms with Crippen molar-refractivity contribution in [3.63, 3.8) is 0 Å². The minimum atomic E-state index is -0.945. The number of hydrogen-bond acceptors (Lipinski definition) is 4. The fraction of sp³-hybridized carbons (Fsp3) is 0.250. The molecule has 1 saturated heterocycles. The molecule has 0 unspecified atom stereocenters. The van der Waals surface area contributed by atoms with Crippen molar-refractivity contribution >= 4 is 28.6 Å². The van der Waals surface area contributed by atoms with E-state index in [1.807, 2.05) is 78.6 Å². The van der Waals surface area contributed by atoms with E-state index >= 15 is 0 Å². The molecule has 0 radical (unpaired) electrons. The smallest absolute Gasteiger partial charge is 0.323 e. The van der Waals surface area contributed by atoms with Gasteiger partial charge in [0.15, 0.2) is 0 Å². The van der Waals surface area contributed by atoms with E-state index in [2.05, 4.69) is 9.88 Å². The Morgan fingerprint density at radius 2 is 1.74 bits per heavy atom. The molecule has 2 aromatic carbocycles. The third-order valence-corrected chi connectivity index (χ3v) is 6.53. The number of carboxylic acid groups (broad SMARTS) is 1. The van der Waals surface area contributed by atoms with Crippen molar-refractivity contribution < 1.29 is 14.7 Å². The summed E-state index contributed by atoms with van der Waals surface area (Å²) < 4.78 is 1.76. The van der Waals surface area contributed by atoms with E-state index in [1.165, 1.54) is 0 Å². The summed E-state index contributed by atoms with van der Waals surface area (Å²) in [6, 6.07) is 21.3. The molecule has 0 atom stereocenters. The van der Waals surface area contributed by atoms with Crippen LogP contribution in [0.2, 0.25) is 0 Å². The molecule has 1 aliphatic rings. The molecule has 7 heteroatoms. The number of carbonyl (C=O) groups excluding carboxylic acids is 1. The lowest BCUT2D eigenvalue weighted by molar-refractivity contribution is -0.137. The lowest BCUT2D eigenvalue weighted by Crippen LogP contribution is -2.35. The second-order valence-corrected chi connectivity index (χ2v) is 8.91. The average Bonchev–Trinajstić information content (AvgIpc) is 3.01. The topological polar surface area (TPSA) is 78.7 Å². The van der Waals surface area contributed by atoms with Crippen LogP contribution in [0.3, 0.4) is 0 Å². The van der Waals surface area contributed by atoms with E-state index < -0.39 is 5.97 Å². The second-order valence-electron chi connectivity index (χ2n) is 8.91. The molecule has 1 amide bonds. The maximum Gasteiger partial charge on any atom is 0.323 e. The standard InChI is InChI=1S/C28H28N4O3/c1-20-11-12-23-22(18-20)26(27(32(23)19-25(33)34)21-8-3-2-4-9-21)28(35)31-15-7-14-30(16-17-31)24-10-5-6-13-29-24/h2-6,8-13,18H,7,14-17,19H2,1H3,(H,33,34). The highest BCUT2D eigenvalue weighted by Gasteiger charge is 2.29. The van der Waals surface area contributed by atoms with Gasteiger partial charge in [0.25, 0.3) is 5.91 Å². The third-order valence-electron chi connectivity index (χ3n) is 6.53. The van der Waals surface area contributed by atoms with Crippen molar-refractivity contribution in [2.45, 2.75) is 19.9 Å². The number of nitrogens with zero attached hydrogens (tertiary/aromatic N) is 4. The molecule has 0 aliphatic carbocycles. The van der Waals surface area contributed by atoms with E-state index in [0.29, 0.717) is 30.9 Å². The Morgan fingerprint density at radius 3 is 2.49 bits per heavy atom. The number of hydrogen-bond donors (Lipinski definition) is 1. The molecule has 4 aromatic rings. The maximum atomic E-state index is 14.1. The third kappa shape index (κ3) is 4.49. The Balaban J connectivity index is 1.59. The molecular weight excluding hydrogens is 440 g/mol. The lowest BCUT2D eigenvalue weighted by atomic mass is 10.0. The monoisotopic (exact) mass is 468 g/mol. The summed E-state index contributed by atoms with van der Waals surface area (Å²) in [7, 11) is 0. The number of carboxylic acids is 1. The molecule has 1 N–H and O–H groups in total. The van der Waals surface area contributed by atoms with Crippen molar-refractivity contribution in [2.75, 3.05) is 31.1 Å². The van der Waals surface area contributed by atoms with Crippen LogP contribution in [0.15, 0.2) is 72.9 Å². The largest absolute Gasteiger partial charge is 0.480 e. The van der Waals surface area contributed by atoms with E-state index in [4.69, 9.17) is 0 Å². The number of aryl methyl sites for hydroxylation is 1. The highest BCUT2D eigenvalue weighted by atomic mass is 16.4. The highest BCUT2D eigenvalue weighted by molar-refractivity contribution is 6.13. The molecule has 1 fully saturated rings. The van der Waals surface area contributed by atoms with E-state index in [0.717, 1.165) is 40.8 Å². The van der Waals surface area contributed by atoms with Gasteiger partial charge in [0, 0.05) is 43.3 Å². The zero-order valence-electron chi connectivity index (χ0n) is 19.7. The van der Waals surface area contributed by atoms with Gasteiger partial charge in [-0.1, -0.05) is 48.0 Å². The zero-order chi connectivity index (χ0) is 24.4. The number of rotatable bonds is 5. The van der Waals surface area contributed by atoms with Crippen molar-refractivity contribution in [1.82, 2.24) is 14.5 Å². The Morgan fingerprint density at radius 1 is 0.943 bits per heavy atom. The highest BCUT2D eigenvalue weighted by Crippen LogP contribution is 2.35. The van der Waals surface area contributed by atoms with Gasteiger partial charge in [0.05, 0.1) is 11.3 Å². The van der Waals surface area contributed by atoms with Crippen LogP contribution in [0.4, 0.5) is 5.82 Å². The average molecular weight is 469 g/mol. The number of pyridine rings is 1. The summed E-state index contributed by atoms with van der Waals surface area (Å²) in [5, 5.41) is 10.5. The van der Waals surface area contributed by atoms with Crippen molar-refractivity contribution in [3.05, 3.63) is 84.1 Å². The van der Waals surface area contributed by atoms with Gasteiger partial charge in [-0.25, -0.2) is 4.98 Å². The minimum absolute atomic E-state index is 0.0635. The Bertz CT molecular complexity index is 1370. The van der Waals surface area contributed by atoms with Gasteiger partial charge in [-0.15, -0.1) is 0 Å². The number of amides is 1. The van der Waals surface area contributed by atoms with Crippen LogP contribution < -0.4 is 4.90 Å². The number of aliphatic carboxylic acids is 1. The lowest BCUT2D eigenvalue weighted by Gasteiger charge is -2.23. The van der Waals surface area contributed by atoms with Gasteiger partial charge in [-0.3, -0.25) is 9.59 Å². The predicted molar refractivity (Wildman–Crippen MR) is 137 cm³/mol. The van der Waals surface area contributed by atoms with Gasteiger partial charge in [0.2, 0.25) is 0 Å². The number of anilines is 1. The van der Waals surface area contributed by atoms with Gasteiger partial charge in [-0.05, 0) is 43.2 Å². The van der Waals surface area contributed by atoms with Crippen LogP contribution in [0.5, 0.6) is 0 Å². The molecule has 0 spiro atoms. The first-order chi connectivity index (χ1) is 17.0. The summed E-state index contributed by atoms with van der Waals surface area (Å²) >= 11 is 0.